The number of carbonyl (C=O) groups excluding carboxylic acids is 1. The second-order valence-electron chi connectivity index (χ2n) is 5.51. The van der Waals surface area contributed by atoms with Crippen LogP contribution < -0.4 is 0 Å². The summed E-state index contributed by atoms with van der Waals surface area (Å²) in [5.74, 6) is -0.0890. The second-order valence-corrected chi connectivity index (χ2v) is 5.51. The van der Waals surface area contributed by atoms with Crippen LogP contribution >= 0.6 is 0 Å². The Morgan fingerprint density at radius 2 is 1.55 bits per heavy atom. The summed E-state index contributed by atoms with van der Waals surface area (Å²) in [4.78, 5) is 27.1. The zero-order chi connectivity index (χ0) is 14.8. The zero-order valence-electron chi connectivity index (χ0n) is 11.5. The number of ether oxygens (including phenoxy) is 1. The minimum absolute atomic E-state index is 0.0890. The molecule has 4 fully saturated rings. The Labute approximate surface area is 116 Å². The van der Waals surface area contributed by atoms with Crippen LogP contribution in [0.2, 0.25) is 0 Å². The minimum Gasteiger partial charge on any atom is -0.469 e. The van der Waals surface area contributed by atoms with Gasteiger partial charge in [-0.15, -0.1) is 0 Å². The van der Waals surface area contributed by atoms with E-state index in [-0.39, 0.29) is 5.97 Å². The number of methoxy groups -OCH3 is 1. The van der Waals surface area contributed by atoms with Gasteiger partial charge in [-0.3, -0.25) is 9.28 Å². The molecule has 0 unspecified atom stereocenters. The lowest BCUT2D eigenvalue weighted by atomic mass is 10.2. The molecule has 4 aliphatic rings. The van der Waals surface area contributed by atoms with E-state index in [1.807, 2.05) is 0 Å². The van der Waals surface area contributed by atoms with Gasteiger partial charge in [0.25, 0.3) is 0 Å². The molecule has 0 saturated carbocycles. The molecular weight excluding hydrogens is 270 g/mol. The SMILES string of the molecule is COC(=O)CC[N+]12CN3CN(CN(C3)C1)C2.O=[N+](O)O. The Morgan fingerprint density at radius 3 is 1.90 bits per heavy atom. The molecule has 20 heavy (non-hydrogen) atoms. The van der Waals surface area contributed by atoms with Gasteiger partial charge in [-0.05, 0) is 0 Å². The fourth-order valence-electron chi connectivity index (χ4n) is 3.30. The van der Waals surface area contributed by atoms with E-state index in [4.69, 9.17) is 20.1 Å². The van der Waals surface area contributed by atoms with Gasteiger partial charge in [-0.25, -0.2) is 25.1 Å². The van der Waals surface area contributed by atoms with Crippen molar-refractivity contribution in [2.24, 2.45) is 0 Å². The molecule has 0 aromatic rings. The highest BCUT2D eigenvalue weighted by Crippen LogP contribution is 2.28. The van der Waals surface area contributed by atoms with Crippen molar-refractivity contribution in [3.05, 3.63) is 4.91 Å². The number of hydrogen-bond donors (Lipinski definition) is 2. The van der Waals surface area contributed by atoms with Crippen molar-refractivity contribution in [1.82, 2.24) is 14.7 Å². The first-order chi connectivity index (χ1) is 9.42. The van der Waals surface area contributed by atoms with Gasteiger partial charge in [-0.2, -0.15) is 0 Å². The predicted octanol–water partition coefficient (Wildman–Crippen LogP) is -1.40. The summed E-state index contributed by atoms with van der Waals surface area (Å²) in [6.45, 7) is 7.44. The molecule has 10 nitrogen and oxygen atoms in total. The lowest BCUT2D eigenvalue weighted by Crippen LogP contribution is -2.79. The van der Waals surface area contributed by atoms with Gasteiger partial charge in [0.05, 0.1) is 40.1 Å². The van der Waals surface area contributed by atoms with Gasteiger partial charge in [0, 0.05) is 0 Å². The number of esters is 1. The van der Waals surface area contributed by atoms with E-state index in [0.717, 1.165) is 51.0 Å². The molecule has 114 valence electrons. The van der Waals surface area contributed by atoms with Gasteiger partial charge in [-0.1, -0.05) is 0 Å². The lowest BCUT2D eigenvalue weighted by molar-refractivity contribution is -0.979. The Morgan fingerprint density at radius 1 is 1.15 bits per heavy atom. The number of nitrogens with zero attached hydrogens (tertiary/aromatic N) is 5. The second kappa shape index (κ2) is 5.87. The van der Waals surface area contributed by atoms with Gasteiger partial charge in [0.1, 0.15) is 24.9 Å². The summed E-state index contributed by atoms with van der Waals surface area (Å²) < 4.78 is 5.73. The standard InChI is InChI=1S/C10H19N4O2.H2NO3/c1-16-10(15)2-3-14-7-11-4-12(8-14)6-13(5-11)9-14;2-1(3)4/h2-9H2,1H3;(H2,2,3,4)/q2*+1. The van der Waals surface area contributed by atoms with E-state index in [9.17, 15) is 4.79 Å². The highest BCUT2D eigenvalue weighted by molar-refractivity contribution is 5.69. The van der Waals surface area contributed by atoms with E-state index < -0.39 is 5.09 Å². The van der Waals surface area contributed by atoms with Crippen LogP contribution in [0.25, 0.3) is 0 Å². The maximum atomic E-state index is 11.2. The summed E-state index contributed by atoms with van der Waals surface area (Å²) in [5, 5.41) is 12.5. The maximum absolute atomic E-state index is 11.2. The van der Waals surface area contributed by atoms with Crippen LogP contribution in [0.5, 0.6) is 0 Å². The summed E-state index contributed by atoms with van der Waals surface area (Å²) in [7, 11) is 1.46. The fraction of sp³-hybridized carbons (Fsp3) is 0.900. The third-order valence-electron chi connectivity index (χ3n) is 3.72. The van der Waals surface area contributed by atoms with Crippen molar-refractivity contribution in [2.45, 2.75) is 6.42 Å². The van der Waals surface area contributed by atoms with Gasteiger partial charge in [0.2, 0.25) is 0 Å². The van der Waals surface area contributed by atoms with E-state index in [2.05, 4.69) is 14.7 Å². The Kier molecular flexibility index (Phi) is 4.38. The van der Waals surface area contributed by atoms with Crippen LogP contribution in [0.15, 0.2) is 0 Å². The van der Waals surface area contributed by atoms with E-state index >= 15 is 0 Å². The summed E-state index contributed by atoms with van der Waals surface area (Å²) in [6, 6.07) is 0. The van der Waals surface area contributed by atoms with E-state index in [0.29, 0.717) is 6.42 Å². The Bertz CT molecular complexity index is 351. The van der Waals surface area contributed by atoms with Gasteiger partial charge in [0.15, 0.2) is 0 Å². The topological polar surface area (TPSA) is 96.6 Å². The number of carbonyl (C=O) groups is 1. The van der Waals surface area contributed by atoms with Crippen LogP contribution in [-0.2, 0) is 9.53 Å². The fourth-order valence-corrected chi connectivity index (χ4v) is 3.30. The molecule has 0 aliphatic carbocycles. The van der Waals surface area contributed by atoms with Crippen LogP contribution in [0.4, 0.5) is 0 Å². The molecule has 0 radical (unpaired) electrons. The predicted molar refractivity (Wildman–Crippen MR) is 63.7 cm³/mol. The summed E-state index contributed by atoms with van der Waals surface area (Å²) in [5.41, 5.74) is 0. The molecule has 0 amide bonds. The Hall–Kier alpha value is -1.49. The van der Waals surface area contributed by atoms with E-state index in [1.165, 1.54) is 7.11 Å². The van der Waals surface area contributed by atoms with Crippen LogP contribution in [0, 0.1) is 4.91 Å². The maximum Gasteiger partial charge on any atom is 0.472 e. The first-order valence-corrected chi connectivity index (χ1v) is 6.36. The monoisotopic (exact) mass is 291 g/mol. The van der Waals surface area contributed by atoms with Crippen LogP contribution in [0.3, 0.4) is 0 Å². The van der Waals surface area contributed by atoms with Crippen molar-refractivity contribution in [2.75, 3.05) is 53.7 Å². The van der Waals surface area contributed by atoms with Crippen molar-refractivity contribution < 1.29 is 29.5 Å². The molecule has 4 aliphatic heterocycles. The third kappa shape index (κ3) is 3.54. The molecule has 4 heterocycles. The molecule has 0 atom stereocenters. The third-order valence-corrected chi connectivity index (χ3v) is 3.72. The number of rotatable bonds is 3. The van der Waals surface area contributed by atoms with Crippen molar-refractivity contribution >= 4 is 5.97 Å². The normalized spacial score (nSPS) is 37.0. The molecule has 2 N–H and O–H groups in total. The van der Waals surface area contributed by atoms with Gasteiger partial charge >= 0.3 is 11.1 Å². The van der Waals surface area contributed by atoms with Crippen LogP contribution in [-0.4, -0.2) is 94.3 Å². The highest BCUT2D eigenvalue weighted by Gasteiger charge is 2.48. The van der Waals surface area contributed by atoms with E-state index in [1.54, 1.807) is 0 Å². The molecule has 4 saturated heterocycles. The average molecular weight is 291 g/mol. The molecular formula is C10H21N5O5+2. The molecule has 10 heteroatoms. The van der Waals surface area contributed by atoms with Crippen molar-refractivity contribution in [3.8, 4) is 0 Å². The molecule has 4 rings (SSSR count). The van der Waals surface area contributed by atoms with Crippen molar-refractivity contribution in [3.63, 3.8) is 0 Å². The quantitative estimate of drug-likeness (QED) is 0.372. The number of quaternary nitrogens is 1. The number of hydrogen-bond acceptors (Lipinski definition) is 6. The zero-order valence-corrected chi connectivity index (χ0v) is 11.5. The lowest BCUT2D eigenvalue weighted by Gasteiger charge is -2.60. The highest BCUT2D eigenvalue weighted by atomic mass is 16.9. The molecule has 0 aromatic carbocycles. The average Bonchev–Trinajstić information content (AvgIpc) is 2.33. The largest absolute Gasteiger partial charge is 0.472 e. The molecule has 0 aromatic heterocycles. The Balaban J connectivity index is 0.000000328. The summed E-state index contributed by atoms with van der Waals surface area (Å²) in [6.07, 6.45) is 0.534. The molecule has 0 spiro atoms. The van der Waals surface area contributed by atoms with Crippen molar-refractivity contribution in [1.29, 1.82) is 0 Å². The minimum atomic E-state index is -1.25. The first-order valence-electron chi connectivity index (χ1n) is 6.36. The van der Waals surface area contributed by atoms with Crippen LogP contribution in [0.1, 0.15) is 6.42 Å². The first kappa shape index (κ1) is 14.9. The summed E-state index contributed by atoms with van der Waals surface area (Å²) >= 11 is 0. The molecule has 4 bridgehead atoms. The van der Waals surface area contributed by atoms with Gasteiger partial charge < -0.3 is 4.74 Å². The smallest absolute Gasteiger partial charge is 0.469 e.